The van der Waals surface area contributed by atoms with Crippen LogP contribution in [0.3, 0.4) is 0 Å². The van der Waals surface area contributed by atoms with E-state index in [-0.39, 0.29) is 0 Å². The van der Waals surface area contributed by atoms with Crippen LogP contribution < -0.4 is 5.32 Å². The van der Waals surface area contributed by atoms with Crippen LogP contribution >= 0.6 is 0 Å². The van der Waals surface area contributed by atoms with Gasteiger partial charge in [-0.05, 0) is 71.8 Å². The van der Waals surface area contributed by atoms with Crippen molar-refractivity contribution in [2.24, 2.45) is 9.98 Å². The highest BCUT2D eigenvalue weighted by Crippen LogP contribution is 2.39. The van der Waals surface area contributed by atoms with Crippen LogP contribution in [-0.2, 0) is 0 Å². The van der Waals surface area contributed by atoms with Crippen LogP contribution in [0.25, 0.3) is 82.5 Å². The van der Waals surface area contributed by atoms with Crippen molar-refractivity contribution in [3.63, 3.8) is 0 Å². The Morgan fingerprint density at radius 3 is 1.96 bits per heavy atom. The molecule has 1 aliphatic heterocycles. The number of aliphatic imine (C=N–C) groups is 2. The molecule has 0 amide bonds. The molecule has 6 nitrogen and oxygen atoms in total. The van der Waals surface area contributed by atoms with E-state index in [0.717, 1.165) is 89.1 Å². The molecule has 1 N–H and O–H groups in total. The van der Waals surface area contributed by atoms with Gasteiger partial charge in [0.05, 0.1) is 11.0 Å². The van der Waals surface area contributed by atoms with Gasteiger partial charge >= 0.3 is 0 Å². The Morgan fingerprint density at radius 1 is 0.421 bits per heavy atom. The topological polar surface area (TPSA) is 68.0 Å². The van der Waals surface area contributed by atoms with E-state index in [1.54, 1.807) is 0 Å². The number of amidine groups is 2. The van der Waals surface area contributed by atoms with Gasteiger partial charge in [-0.2, -0.15) is 0 Å². The largest absolute Gasteiger partial charge is 0.456 e. The minimum absolute atomic E-state index is 0.497. The zero-order valence-corrected chi connectivity index (χ0v) is 30.6. The summed E-state index contributed by atoms with van der Waals surface area (Å²) in [7, 11) is 0. The maximum atomic E-state index is 6.55. The normalized spacial score (nSPS) is 14.5. The maximum absolute atomic E-state index is 6.55. The van der Waals surface area contributed by atoms with Gasteiger partial charge in [-0.3, -0.25) is 0 Å². The Kier molecular flexibility index (Phi) is 6.89. The Morgan fingerprint density at radius 2 is 1.09 bits per heavy atom. The van der Waals surface area contributed by atoms with Gasteiger partial charge in [-0.1, -0.05) is 121 Å². The van der Waals surface area contributed by atoms with Crippen molar-refractivity contribution in [3.8, 4) is 16.8 Å². The fourth-order valence-corrected chi connectivity index (χ4v) is 8.59. The van der Waals surface area contributed by atoms with E-state index in [0.29, 0.717) is 0 Å². The first kappa shape index (κ1) is 31.6. The highest BCUT2D eigenvalue weighted by atomic mass is 16.3. The van der Waals surface area contributed by atoms with Gasteiger partial charge in [0.15, 0.2) is 6.17 Å². The molecule has 0 bridgehead atoms. The molecule has 57 heavy (non-hydrogen) atoms. The van der Waals surface area contributed by atoms with Crippen LogP contribution in [0.5, 0.6) is 0 Å². The van der Waals surface area contributed by atoms with E-state index in [4.69, 9.17) is 18.8 Å². The Labute approximate surface area is 326 Å². The fourth-order valence-electron chi connectivity index (χ4n) is 8.59. The van der Waals surface area contributed by atoms with Crippen molar-refractivity contribution in [3.05, 3.63) is 199 Å². The second-order valence-corrected chi connectivity index (χ2v) is 14.6. The number of nitrogens with zero attached hydrogens (tertiary/aromatic N) is 3. The van der Waals surface area contributed by atoms with Gasteiger partial charge in [0, 0.05) is 54.7 Å². The minimum atomic E-state index is -0.497. The number of hydrogen-bond acceptors (Lipinski definition) is 5. The lowest BCUT2D eigenvalue weighted by molar-refractivity contribution is 0.665. The molecule has 0 saturated heterocycles. The van der Waals surface area contributed by atoms with Crippen molar-refractivity contribution in [1.82, 2.24) is 9.88 Å². The third-order valence-corrected chi connectivity index (χ3v) is 11.3. The molecule has 8 aromatic carbocycles. The standard InChI is InChI=1S/C51H32N4O2/c1-3-12-31(13-4-1)49-52-50(54-51(53-49)39-18-11-21-46-48(39)38-17-8-10-20-44(38)56-46)34-22-25-37-41-29-33(24-27-45(41)57-47(37)30-34)32-23-26-43-40(28-32)36-16-7-9-19-42(36)55(43)35-14-5-2-6-15-35/h1-30,50H,(H,52,53,54). The summed E-state index contributed by atoms with van der Waals surface area (Å²) in [6.07, 6.45) is -0.497. The van der Waals surface area contributed by atoms with Gasteiger partial charge in [-0.25, -0.2) is 9.98 Å². The van der Waals surface area contributed by atoms with Crippen LogP contribution in [0.1, 0.15) is 22.9 Å². The van der Waals surface area contributed by atoms with Crippen LogP contribution in [0.2, 0.25) is 0 Å². The lowest BCUT2D eigenvalue weighted by Gasteiger charge is -2.22. The van der Waals surface area contributed by atoms with E-state index in [1.165, 1.54) is 21.8 Å². The predicted octanol–water partition coefficient (Wildman–Crippen LogP) is 12.7. The van der Waals surface area contributed by atoms with Crippen molar-refractivity contribution in [1.29, 1.82) is 0 Å². The molecule has 0 aliphatic carbocycles. The van der Waals surface area contributed by atoms with Crippen molar-refractivity contribution in [2.45, 2.75) is 6.17 Å². The Balaban J connectivity index is 0.960. The summed E-state index contributed by atoms with van der Waals surface area (Å²) >= 11 is 0. The van der Waals surface area contributed by atoms with E-state index < -0.39 is 6.17 Å². The number of benzene rings is 8. The molecule has 0 spiro atoms. The maximum Gasteiger partial charge on any atom is 0.169 e. The van der Waals surface area contributed by atoms with Crippen LogP contribution in [0.15, 0.2) is 201 Å². The molecule has 6 heteroatoms. The second kappa shape index (κ2) is 12.4. The van der Waals surface area contributed by atoms with Gasteiger partial charge in [0.1, 0.15) is 34.0 Å². The van der Waals surface area contributed by atoms with Gasteiger partial charge in [-0.15, -0.1) is 0 Å². The molecule has 1 aliphatic rings. The molecule has 4 heterocycles. The molecule has 11 aromatic rings. The third kappa shape index (κ3) is 5.04. The highest BCUT2D eigenvalue weighted by Gasteiger charge is 2.24. The van der Waals surface area contributed by atoms with Crippen LogP contribution in [0.4, 0.5) is 0 Å². The lowest BCUT2D eigenvalue weighted by atomic mass is 10.00. The van der Waals surface area contributed by atoms with E-state index >= 15 is 0 Å². The Hall–Kier alpha value is -7.70. The lowest BCUT2D eigenvalue weighted by Crippen LogP contribution is -2.36. The van der Waals surface area contributed by atoms with E-state index in [1.807, 2.05) is 48.5 Å². The number of aromatic nitrogens is 1. The summed E-state index contributed by atoms with van der Waals surface area (Å²) in [6.45, 7) is 0. The van der Waals surface area contributed by atoms with Gasteiger partial charge in [0.2, 0.25) is 0 Å². The monoisotopic (exact) mass is 732 g/mol. The zero-order valence-electron chi connectivity index (χ0n) is 30.6. The van der Waals surface area contributed by atoms with Gasteiger partial charge < -0.3 is 18.7 Å². The first-order valence-corrected chi connectivity index (χ1v) is 19.2. The smallest absolute Gasteiger partial charge is 0.169 e. The molecule has 0 fully saturated rings. The number of furan rings is 2. The average Bonchev–Trinajstić information content (AvgIpc) is 3.95. The van der Waals surface area contributed by atoms with Crippen LogP contribution in [-0.4, -0.2) is 16.2 Å². The molecule has 268 valence electrons. The highest BCUT2D eigenvalue weighted by molar-refractivity contribution is 6.23. The predicted molar refractivity (Wildman–Crippen MR) is 233 cm³/mol. The molecule has 12 rings (SSSR count). The second-order valence-electron chi connectivity index (χ2n) is 14.6. The number of hydrogen-bond donors (Lipinski definition) is 1. The van der Waals surface area contributed by atoms with Crippen molar-refractivity contribution in [2.75, 3.05) is 0 Å². The fraction of sp³-hybridized carbons (Fsp3) is 0.0196. The Bertz CT molecular complexity index is 3440. The van der Waals surface area contributed by atoms with Crippen LogP contribution in [0, 0.1) is 0 Å². The SMILES string of the molecule is c1ccc(C2=NC(c3ccc4c(c3)oc3ccc(-c5ccc6c(c5)c5ccccc5n6-c5ccccc5)cc34)N=C(c3cccc4oc5ccccc5c34)N2)cc1. The summed E-state index contributed by atoms with van der Waals surface area (Å²) in [4.78, 5) is 10.4. The van der Waals surface area contributed by atoms with E-state index in [9.17, 15) is 0 Å². The first-order valence-electron chi connectivity index (χ1n) is 19.2. The van der Waals surface area contributed by atoms with Crippen molar-refractivity contribution >= 4 is 77.4 Å². The summed E-state index contributed by atoms with van der Waals surface area (Å²) in [5, 5.41) is 10.2. The zero-order chi connectivity index (χ0) is 37.5. The van der Waals surface area contributed by atoms with Crippen molar-refractivity contribution < 1.29 is 8.83 Å². The molecular formula is C51H32N4O2. The number of para-hydroxylation sites is 3. The summed E-state index contributed by atoms with van der Waals surface area (Å²) < 4.78 is 15.1. The molecule has 1 unspecified atom stereocenters. The van der Waals surface area contributed by atoms with Gasteiger partial charge in [0.25, 0.3) is 0 Å². The summed E-state index contributed by atoms with van der Waals surface area (Å²) in [6, 6.07) is 63.3. The molecular weight excluding hydrogens is 701 g/mol. The number of rotatable bonds is 5. The molecule has 0 radical (unpaired) electrons. The first-order chi connectivity index (χ1) is 28.2. The third-order valence-electron chi connectivity index (χ3n) is 11.3. The number of nitrogens with one attached hydrogen (secondary N) is 1. The quantitative estimate of drug-likeness (QED) is 0.192. The molecule has 0 saturated carbocycles. The summed E-state index contributed by atoms with van der Waals surface area (Å²) in [5.41, 5.74) is 12.0. The van der Waals surface area contributed by atoms with E-state index in [2.05, 4.69) is 143 Å². The minimum Gasteiger partial charge on any atom is -0.456 e. The number of fused-ring (bicyclic) bond motifs is 9. The molecule has 1 atom stereocenters. The average molecular weight is 733 g/mol. The molecule has 3 aromatic heterocycles. The summed E-state index contributed by atoms with van der Waals surface area (Å²) in [5.74, 6) is 1.50.